The summed E-state index contributed by atoms with van der Waals surface area (Å²) in [4.78, 5) is 14.2. The first kappa shape index (κ1) is 16.7. The Bertz CT molecular complexity index is 840. The number of nitrogens with one attached hydrogen (secondary N) is 2. The smallest absolute Gasteiger partial charge is 0.409 e. The number of aromatic amines is 1. The van der Waals surface area contributed by atoms with Crippen LogP contribution in [0.5, 0.6) is 11.5 Å². The van der Waals surface area contributed by atoms with Gasteiger partial charge in [0, 0.05) is 23.7 Å². The van der Waals surface area contributed by atoms with Gasteiger partial charge in [0.25, 0.3) is 0 Å². The van der Waals surface area contributed by atoms with E-state index in [4.69, 9.17) is 14.6 Å². The summed E-state index contributed by atoms with van der Waals surface area (Å²) in [7, 11) is 0. The average Bonchev–Trinajstić information content (AvgIpc) is 3.00. The minimum atomic E-state index is -1.13. The minimum absolute atomic E-state index is 0.346. The van der Waals surface area contributed by atoms with Crippen molar-refractivity contribution in [2.45, 2.75) is 20.0 Å². The molecule has 6 nitrogen and oxygen atoms in total. The third-order valence-electron chi connectivity index (χ3n) is 3.58. The Balaban J connectivity index is 1.76. The highest BCUT2D eigenvalue weighted by atomic mass is 16.5. The van der Waals surface area contributed by atoms with Gasteiger partial charge in [0.05, 0.1) is 18.0 Å². The van der Waals surface area contributed by atoms with Crippen LogP contribution in [0, 0.1) is 0 Å². The average molecular weight is 340 g/mol. The van der Waals surface area contributed by atoms with Crippen molar-refractivity contribution < 1.29 is 19.4 Å². The van der Waals surface area contributed by atoms with E-state index >= 15 is 0 Å². The summed E-state index contributed by atoms with van der Waals surface area (Å²) in [5.41, 5.74) is 2.40. The largest absolute Gasteiger partial charge is 0.493 e. The summed E-state index contributed by atoms with van der Waals surface area (Å²) in [6, 6.07) is 15.1. The van der Waals surface area contributed by atoms with E-state index in [0.29, 0.717) is 30.4 Å². The molecule has 0 atom stereocenters. The molecular weight excluding hydrogens is 320 g/mol. The number of ether oxygens (including phenoxy) is 2. The van der Waals surface area contributed by atoms with Crippen LogP contribution in [0.2, 0.25) is 0 Å². The van der Waals surface area contributed by atoms with Gasteiger partial charge >= 0.3 is 6.09 Å². The van der Waals surface area contributed by atoms with Crippen LogP contribution in [0.15, 0.2) is 48.5 Å². The fourth-order valence-corrected chi connectivity index (χ4v) is 2.53. The number of carbonyl (C=O) groups is 1. The standard InChI is InChI=1S/C19H20N2O4/c1-2-7-24-16-9-14(21-19(22)23)10-17(11-16)25-12-15-8-13-5-3-4-6-18(13)20-15/h3-6,8-11,20-21H,2,7,12H2,1H3,(H,22,23). The maximum atomic E-state index is 10.9. The molecule has 3 N–H and O–H groups in total. The number of carboxylic acid groups (broad SMARTS) is 1. The SMILES string of the molecule is CCCOc1cc(NC(=O)O)cc(OCc2cc3ccccc3[nH]2)c1. The summed E-state index contributed by atoms with van der Waals surface area (Å²) < 4.78 is 11.4. The Morgan fingerprint density at radius 2 is 1.88 bits per heavy atom. The molecule has 0 saturated heterocycles. The number of benzene rings is 2. The Kier molecular flexibility index (Phi) is 5.09. The van der Waals surface area contributed by atoms with E-state index in [2.05, 4.69) is 10.3 Å². The van der Waals surface area contributed by atoms with E-state index in [1.54, 1.807) is 18.2 Å². The normalized spacial score (nSPS) is 10.6. The number of para-hydroxylation sites is 1. The van der Waals surface area contributed by atoms with Crippen LogP contribution >= 0.6 is 0 Å². The molecule has 1 aromatic heterocycles. The van der Waals surface area contributed by atoms with Crippen molar-refractivity contribution in [3.8, 4) is 11.5 Å². The Morgan fingerprint density at radius 3 is 2.60 bits per heavy atom. The van der Waals surface area contributed by atoms with Gasteiger partial charge in [-0.25, -0.2) is 4.79 Å². The van der Waals surface area contributed by atoms with Crippen LogP contribution in [0.1, 0.15) is 19.0 Å². The third-order valence-corrected chi connectivity index (χ3v) is 3.58. The van der Waals surface area contributed by atoms with Gasteiger partial charge in [-0.15, -0.1) is 0 Å². The van der Waals surface area contributed by atoms with Crippen molar-refractivity contribution in [2.75, 3.05) is 11.9 Å². The number of amides is 1. The molecule has 0 fully saturated rings. The fraction of sp³-hybridized carbons (Fsp3) is 0.211. The van der Waals surface area contributed by atoms with Crippen molar-refractivity contribution in [3.05, 3.63) is 54.2 Å². The molecule has 0 aliphatic rings. The topological polar surface area (TPSA) is 83.6 Å². The molecule has 0 radical (unpaired) electrons. The van der Waals surface area contributed by atoms with Crippen LogP contribution in [-0.2, 0) is 6.61 Å². The van der Waals surface area contributed by atoms with Crippen LogP contribution in [0.4, 0.5) is 10.5 Å². The molecule has 1 heterocycles. The number of fused-ring (bicyclic) bond motifs is 1. The van der Waals surface area contributed by atoms with Gasteiger partial charge in [0.1, 0.15) is 18.1 Å². The molecule has 0 bridgehead atoms. The monoisotopic (exact) mass is 340 g/mol. The number of hydrogen-bond donors (Lipinski definition) is 3. The molecule has 0 aliphatic carbocycles. The highest BCUT2D eigenvalue weighted by Crippen LogP contribution is 2.27. The first-order valence-electron chi connectivity index (χ1n) is 8.11. The van der Waals surface area contributed by atoms with E-state index in [0.717, 1.165) is 23.0 Å². The van der Waals surface area contributed by atoms with E-state index < -0.39 is 6.09 Å². The van der Waals surface area contributed by atoms with Gasteiger partial charge in [-0.1, -0.05) is 25.1 Å². The summed E-state index contributed by atoms with van der Waals surface area (Å²) in [6.07, 6.45) is -0.267. The van der Waals surface area contributed by atoms with Gasteiger partial charge in [-0.2, -0.15) is 0 Å². The number of rotatable bonds is 7. The van der Waals surface area contributed by atoms with Crippen LogP contribution in [0.25, 0.3) is 10.9 Å². The van der Waals surface area contributed by atoms with E-state index in [1.165, 1.54) is 0 Å². The Labute approximate surface area is 145 Å². The fourth-order valence-electron chi connectivity index (χ4n) is 2.53. The zero-order valence-corrected chi connectivity index (χ0v) is 13.9. The lowest BCUT2D eigenvalue weighted by atomic mass is 10.2. The van der Waals surface area contributed by atoms with E-state index in [9.17, 15) is 4.79 Å². The van der Waals surface area contributed by atoms with Crippen molar-refractivity contribution in [2.24, 2.45) is 0 Å². The lowest BCUT2D eigenvalue weighted by Gasteiger charge is -2.11. The summed E-state index contributed by atoms with van der Waals surface area (Å²) in [5.74, 6) is 1.11. The molecule has 0 spiro atoms. The zero-order chi connectivity index (χ0) is 17.6. The Hall–Kier alpha value is -3.15. The predicted octanol–water partition coefficient (Wildman–Crippen LogP) is 4.63. The van der Waals surface area contributed by atoms with Gasteiger partial charge in [0.2, 0.25) is 0 Å². The Morgan fingerprint density at radius 1 is 1.12 bits per heavy atom. The highest BCUT2D eigenvalue weighted by Gasteiger charge is 2.07. The first-order valence-corrected chi connectivity index (χ1v) is 8.11. The maximum absolute atomic E-state index is 10.9. The lowest BCUT2D eigenvalue weighted by Crippen LogP contribution is -2.08. The maximum Gasteiger partial charge on any atom is 0.409 e. The van der Waals surface area contributed by atoms with Crippen molar-refractivity contribution in [1.29, 1.82) is 0 Å². The second-order valence-corrected chi connectivity index (χ2v) is 5.64. The van der Waals surface area contributed by atoms with Crippen LogP contribution in [0.3, 0.4) is 0 Å². The quantitative estimate of drug-likeness (QED) is 0.586. The van der Waals surface area contributed by atoms with E-state index in [1.807, 2.05) is 37.3 Å². The zero-order valence-electron chi connectivity index (χ0n) is 13.9. The van der Waals surface area contributed by atoms with Crippen molar-refractivity contribution >= 4 is 22.7 Å². The molecule has 1 amide bonds. The number of anilines is 1. The minimum Gasteiger partial charge on any atom is -0.493 e. The van der Waals surface area contributed by atoms with Crippen molar-refractivity contribution in [3.63, 3.8) is 0 Å². The van der Waals surface area contributed by atoms with E-state index in [-0.39, 0.29) is 0 Å². The molecule has 0 unspecified atom stereocenters. The number of aromatic nitrogens is 1. The van der Waals surface area contributed by atoms with Crippen LogP contribution in [-0.4, -0.2) is 22.8 Å². The summed E-state index contributed by atoms with van der Waals surface area (Å²) >= 11 is 0. The summed E-state index contributed by atoms with van der Waals surface area (Å²) in [6.45, 7) is 2.91. The van der Waals surface area contributed by atoms with Gasteiger partial charge in [0.15, 0.2) is 0 Å². The number of H-pyrrole nitrogens is 1. The molecule has 0 aliphatic heterocycles. The summed E-state index contributed by atoms with van der Waals surface area (Å²) in [5, 5.41) is 12.4. The van der Waals surface area contributed by atoms with Crippen LogP contribution < -0.4 is 14.8 Å². The van der Waals surface area contributed by atoms with Gasteiger partial charge in [-0.05, 0) is 23.9 Å². The van der Waals surface area contributed by atoms with Crippen molar-refractivity contribution in [1.82, 2.24) is 4.98 Å². The third kappa shape index (κ3) is 4.44. The highest BCUT2D eigenvalue weighted by molar-refractivity contribution is 5.83. The van der Waals surface area contributed by atoms with Gasteiger partial charge in [-0.3, -0.25) is 5.32 Å². The number of hydrogen-bond acceptors (Lipinski definition) is 3. The second-order valence-electron chi connectivity index (χ2n) is 5.64. The molecule has 6 heteroatoms. The molecule has 2 aromatic carbocycles. The molecule has 3 aromatic rings. The molecule has 3 rings (SSSR count). The molecule has 0 saturated carbocycles. The first-order chi connectivity index (χ1) is 12.1. The predicted molar refractivity (Wildman–Crippen MR) is 96.5 cm³/mol. The molecule has 130 valence electrons. The second kappa shape index (κ2) is 7.61. The van der Waals surface area contributed by atoms with Gasteiger partial charge < -0.3 is 19.6 Å². The lowest BCUT2D eigenvalue weighted by molar-refractivity contribution is 0.209. The molecular formula is C19H20N2O4. The molecule has 25 heavy (non-hydrogen) atoms.